The van der Waals surface area contributed by atoms with E-state index in [0.717, 1.165) is 11.4 Å². The Hall–Kier alpha value is -1.13. The van der Waals surface area contributed by atoms with Gasteiger partial charge < -0.3 is 0 Å². The van der Waals surface area contributed by atoms with Crippen molar-refractivity contribution in [3.05, 3.63) is 33.8 Å². The highest BCUT2D eigenvalue weighted by atomic mass is 35.5. The van der Waals surface area contributed by atoms with Gasteiger partial charge in [0.2, 0.25) is 0 Å². The molecular weight excluding hydrogens is 235 g/mol. The summed E-state index contributed by atoms with van der Waals surface area (Å²) < 4.78 is 1.62. The van der Waals surface area contributed by atoms with Crippen molar-refractivity contribution in [3.8, 4) is 5.95 Å². The fourth-order valence-electron chi connectivity index (χ4n) is 1.27. The lowest BCUT2D eigenvalue weighted by Gasteiger charge is -2.02. The minimum Gasteiger partial charge on any atom is -0.218 e. The Morgan fingerprint density at radius 1 is 1.27 bits per heavy atom. The minimum absolute atomic E-state index is 0.231. The van der Waals surface area contributed by atoms with Crippen molar-refractivity contribution < 1.29 is 0 Å². The molecule has 4 nitrogen and oxygen atoms in total. The fourth-order valence-corrected chi connectivity index (χ4v) is 1.49. The number of aryl methyl sites for hydroxylation is 2. The van der Waals surface area contributed by atoms with Crippen LogP contribution in [0.15, 0.2) is 12.3 Å². The number of rotatable bonds is 1. The molecule has 0 atom stereocenters. The molecule has 0 aromatic carbocycles. The maximum absolute atomic E-state index is 5.80. The van der Waals surface area contributed by atoms with E-state index in [4.69, 9.17) is 23.2 Å². The molecule has 0 fully saturated rings. The first-order valence-electron chi connectivity index (χ1n) is 4.29. The largest absolute Gasteiger partial charge is 0.252 e. The van der Waals surface area contributed by atoms with Gasteiger partial charge in [0.25, 0.3) is 5.95 Å². The molecule has 6 heteroatoms. The summed E-state index contributed by atoms with van der Waals surface area (Å²) in [5, 5.41) is 4.81. The Balaban J connectivity index is 2.54. The zero-order valence-electron chi connectivity index (χ0n) is 8.20. The Morgan fingerprint density at radius 2 is 2.00 bits per heavy atom. The quantitative estimate of drug-likeness (QED) is 0.723. The van der Waals surface area contributed by atoms with Crippen molar-refractivity contribution in [2.75, 3.05) is 0 Å². The SMILES string of the molecule is Cc1cc(C)n(-c2ncc(Cl)c(Cl)n2)n1. The van der Waals surface area contributed by atoms with E-state index in [0.29, 0.717) is 11.0 Å². The summed E-state index contributed by atoms with van der Waals surface area (Å²) in [5.41, 5.74) is 1.85. The Labute approximate surface area is 96.9 Å². The summed E-state index contributed by atoms with van der Waals surface area (Å²) in [6.07, 6.45) is 1.46. The average molecular weight is 243 g/mol. The van der Waals surface area contributed by atoms with Gasteiger partial charge in [-0.3, -0.25) is 0 Å². The zero-order valence-corrected chi connectivity index (χ0v) is 9.71. The van der Waals surface area contributed by atoms with Crippen LogP contribution in [0.3, 0.4) is 0 Å². The molecule has 0 N–H and O–H groups in total. The average Bonchev–Trinajstić information content (AvgIpc) is 2.50. The highest BCUT2D eigenvalue weighted by molar-refractivity contribution is 6.41. The van der Waals surface area contributed by atoms with Gasteiger partial charge in [0, 0.05) is 5.69 Å². The van der Waals surface area contributed by atoms with Gasteiger partial charge in [0.1, 0.15) is 0 Å². The molecule has 2 rings (SSSR count). The van der Waals surface area contributed by atoms with Gasteiger partial charge in [0.05, 0.1) is 16.9 Å². The monoisotopic (exact) mass is 242 g/mol. The van der Waals surface area contributed by atoms with E-state index in [9.17, 15) is 0 Å². The van der Waals surface area contributed by atoms with Gasteiger partial charge in [-0.2, -0.15) is 10.1 Å². The van der Waals surface area contributed by atoms with Crippen molar-refractivity contribution in [2.24, 2.45) is 0 Å². The molecule has 0 aliphatic rings. The van der Waals surface area contributed by atoms with E-state index in [1.54, 1.807) is 4.68 Å². The van der Waals surface area contributed by atoms with Crippen LogP contribution in [0.4, 0.5) is 0 Å². The molecular formula is C9H8Cl2N4. The highest BCUT2D eigenvalue weighted by Gasteiger charge is 2.08. The standard InChI is InChI=1S/C9H8Cl2N4/c1-5-3-6(2)15(14-5)9-12-4-7(10)8(11)13-9/h3-4H,1-2H3. The molecule has 78 valence electrons. The van der Waals surface area contributed by atoms with Gasteiger partial charge in [-0.1, -0.05) is 23.2 Å². The predicted molar refractivity (Wildman–Crippen MR) is 58.6 cm³/mol. The molecule has 0 spiro atoms. The minimum atomic E-state index is 0.231. The third-order valence-corrected chi connectivity index (χ3v) is 2.55. The molecule has 0 aliphatic carbocycles. The third kappa shape index (κ3) is 1.96. The third-order valence-electron chi connectivity index (χ3n) is 1.89. The molecule has 0 unspecified atom stereocenters. The number of nitrogens with zero attached hydrogens (tertiary/aromatic N) is 4. The molecule has 0 radical (unpaired) electrons. The van der Waals surface area contributed by atoms with Crippen molar-refractivity contribution in [2.45, 2.75) is 13.8 Å². The first kappa shape index (κ1) is 10.4. The smallest absolute Gasteiger partial charge is 0.218 e. The molecule has 2 aromatic heterocycles. The molecule has 0 bridgehead atoms. The first-order chi connectivity index (χ1) is 7.08. The van der Waals surface area contributed by atoms with E-state index in [1.165, 1.54) is 6.20 Å². The molecule has 0 aliphatic heterocycles. The second kappa shape index (κ2) is 3.79. The molecule has 0 saturated heterocycles. The number of hydrogen-bond donors (Lipinski definition) is 0. The van der Waals surface area contributed by atoms with Crippen LogP contribution in [-0.4, -0.2) is 19.7 Å². The van der Waals surface area contributed by atoms with Gasteiger partial charge in [-0.15, -0.1) is 0 Å². The van der Waals surface area contributed by atoms with Gasteiger partial charge in [-0.25, -0.2) is 9.67 Å². The van der Waals surface area contributed by atoms with Crippen molar-refractivity contribution in [1.82, 2.24) is 19.7 Å². The van der Waals surface area contributed by atoms with Crippen LogP contribution in [0.25, 0.3) is 5.95 Å². The lowest BCUT2D eigenvalue weighted by atomic mass is 10.4. The lowest BCUT2D eigenvalue weighted by molar-refractivity contribution is 0.774. The van der Waals surface area contributed by atoms with Crippen molar-refractivity contribution in [3.63, 3.8) is 0 Å². The number of halogens is 2. The molecule has 0 saturated carbocycles. The van der Waals surface area contributed by atoms with E-state index < -0.39 is 0 Å². The second-order valence-electron chi connectivity index (χ2n) is 3.15. The van der Waals surface area contributed by atoms with Crippen LogP contribution < -0.4 is 0 Å². The topological polar surface area (TPSA) is 43.6 Å². The fraction of sp³-hybridized carbons (Fsp3) is 0.222. The summed E-state index contributed by atoms with van der Waals surface area (Å²) >= 11 is 11.5. The predicted octanol–water partition coefficient (Wildman–Crippen LogP) is 2.59. The highest BCUT2D eigenvalue weighted by Crippen LogP contribution is 2.19. The summed E-state index contributed by atoms with van der Waals surface area (Å²) in [4.78, 5) is 8.10. The summed E-state index contributed by atoms with van der Waals surface area (Å²) in [6, 6.07) is 1.94. The second-order valence-corrected chi connectivity index (χ2v) is 3.91. The van der Waals surface area contributed by atoms with Crippen LogP contribution in [0.1, 0.15) is 11.4 Å². The van der Waals surface area contributed by atoms with Gasteiger partial charge in [-0.05, 0) is 19.9 Å². The normalized spacial score (nSPS) is 10.7. The van der Waals surface area contributed by atoms with Crippen molar-refractivity contribution in [1.29, 1.82) is 0 Å². The molecule has 0 amide bonds. The van der Waals surface area contributed by atoms with Gasteiger partial charge >= 0.3 is 0 Å². The van der Waals surface area contributed by atoms with E-state index in [-0.39, 0.29) is 5.15 Å². The Bertz CT molecular complexity index is 507. The molecule has 15 heavy (non-hydrogen) atoms. The lowest BCUT2D eigenvalue weighted by Crippen LogP contribution is -2.04. The summed E-state index contributed by atoms with van der Waals surface area (Å²) in [7, 11) is 0. The number of hydrogen-bond acceptors (Lipinski definition) is 3. The Kier molecular flexibility index (Phi) is 2.63. The molecule has 2 heterocycles. The summed E-state index contributed by atoms with van der Waals surface area (Å²) in [5.74, 6) is 0.426. The van der Waals surface area contributed by atoms with Gasteiger partial charge in [0.15, 0.2) is 5.15 Å². The van der Waals surface area contributed by atoms with E-state index >= 15 is 0 Å². The van der Waals surface area contributed by atoms with E-state index in [2.05, 4.69) is 15.1 Å². The van der Waals surface area contributed by atoms with Crippen molar-refractivity contribution >= 4 is 23.2 Å². The van der Waals surface area contributed by atoms with Crippen LogP contribution in [0, 0.1) is 13.8 Å². The summed E-state index contributed by atoms with van der Waals surface area (Å²) in [6.45, 7) is 3.83. The maximum Gasteiger partial charge on any atom is 0.252 e. The van der Waals surface area contributed by atoms with Crippen LogP contribution in [0.2, 0.25) is 10.2 Å². The van der Waals surface area contributed by atoms with Crippen LogP contribution in [-0.2, 0) is 0 Å². The first-order valence-corrected chi connectivity index (χ1v) is 5.05. The Morgan fingerprint density at radius 3 is 2.53 bits per heavy atom. The van der Waals surface area contributed by atoms with E-state index in [1.807, 2.05) is 19.9 Å². The zero-order chi connectivity index (χ0) is 11.0. The molecule has 2 aromatic rings. The maximum atomic E-state index is 5.80. The number of aromatic nitrogens is 4. The van der Waals surface area contributed by atoms with Crippen LogP contribution in [0.5, 0.6) is 0 Å². The van der Waals surface area contributed by atoms with Crippen LogP contribution >= 0.6 is 23.2 Å².